The predicted molar refractivity (Wildman–Crippen MR) is 73.1 cm³/mol. The van der Waals surface area contributed by atoms with Crippen molar-refractivity contribution in [1.82, 2.24) is 4.72 Å². The monoisotopic (exact) mass is 305 g/mol. The number of nitrogens with one attached hydrogen (secondary N) is 1. The summed E-state index contributed by atoms with van der Waals surface area (Å²) in [5, 5.41) is 8.73. The molecule has 0 atom stereocenters. The van der Waals surface area contributed by atoms with E-state index in [0.29, 0.717) is 6.42 Å². The van der Waals surface area contributed by atoms with Crippen LogP contribution in [0, 0.1) is 0 Å². The number of benzene rings is 1. The zero-order valence-corrected chi connectivity index (χ0v) is 12.5. The van der Waals surface area contributed by atoms with Crippen molar-refractivity contribution >= 4 is 27.6 Å². The largest absolute Gasteiger partial charge is 0.478 e. The van der Waals surface area contributed by atoms with Crippen molar-refractivity contribution in [3.05, 3.63) is 28.8 Å². The van der Waals surface area contributed by atoms with E-state index in [1.807, 2.05) is 6.92 Å². The van der Waals surface area contributed by atoms with Crippen LogP contribution in [0.5, 0.6) is 0 Å². The first-order valence-electron chi connectivity index (χ1n) is 5.66. The molecule has 1 aromatic rings. The minimum atomic E-state index is -3.72. The molecule has 19 heavy (non-hydrogen) atoms. The summed E-state index contributed by atoms with van der Waals surface area (Å²) in [4.78, 5) is 10.8. The van der Waals surface area contributed by atoms with E-state index in [4.69, 9.17) is 16.7 Å². The molecule has 0 amide bonds. The molecule has 0 aliphatic heterocycles. The van der Waals surface area contributed by atoms with Crippen molar-refractivity contribution in [2.45, 2.75) is 37.6 Å². The second kappa shape index (κ2) is 5.48. The van der Waals surface area contributed by atoms with Crippen LogP contribution in [-0.4, -0.2) is 25.0 Å². The summed E-state index contributed by atoms with van der Waals surface area (Å²) in [5.41, 5.74) is -0.716. The van der Waals surface area contributed by atoms with E-state index in [9.17, 15) is 13.2 Å². The van der Waals surface area contributed by atoms with Crippen molar-refractivity contribution in [2.24, 2.45) is 0 Å². The molecule has 0 bridgehead atoms. The highest BCUT2D eigenvalue weighted by atomic mass is 35.5. The summed E-state index contributed by atoms with van der Waals surface area (Å²) < 4.78 is 26.8. The van der Waals surface area contributed by atoms with Crippen LogP contribution in [0.25, 0.3) is 0 Å². The average Bonchev–Trinajstić information content (AvgIpc) is 2.27. The van der Waals surface area contributed by atoms with Gasteiger partial charge in [-0.15, -0.1) is 0 Å². The second-order valence-electron chi connectivity index (χ2n) is 4.79. The lowest BCUT2D eigenvalue weighted by atomic mass is 10.0. The maximum Gasteiger partial charge on any atom is 0.337 e. The lowest BCUT2D eigenvalue weighted by Gasteiger charge is -2.24. The third kappa shape index (κ3) is 3.92. The number of rotatable bonds is 5. The highest BCUT2D eigenvalue weighted by Gasteiger charge is 2.25. The fourth-order valence-electron chi connectivity index (χ4n) is 1.33. The lowest BCUT2D eigenvalue weighted by Crippen LogP contribution is -2.42. The Hall–Kier alpha value is -1.11. The van der Waals surface area contributed by atoms with Crippen molar-refractivity contribution in [3.8, 4) is 0 Å². The molecular weight excluding hydrogens is 290 g/mol. The molecule has 0 spiro atoms. The number of hydrogen-bond donors (Lipinski definition) is 2. The summed E-state index contributed by atoms with van der Waals surface area (Å²) in [6.07, 6.45) is 0.618. The Morgan fingerprint density at radius 1 is 1.42 bits per heavy atom. The van der Waals surface area contributed by atoms with Gasteiger partial charge in [0.2, 0.25) is 10.0 Å². The molecular formula is C12H16ClNO4S. The smallest absolute Gasteiger partial charge is 0.337 e. The fraction of sp³-hybridized carbons (Fsp3) is 0.417. The van der Waals surface area contributed by atoms with Crippen molar-refractivity contribution in [2.75, 3.05) is 0 Å². The van der Waals surface area contributed by atoms with Gasteiger partial charge in [-0.1, -0.05) is 18.5 Å². The molecule has 0 fully saturated rings. The first-order valence-corrected chi connectivity index (χ1v) is 7.52. The van der Waals surface area contributed by atoms with Crippen LogP contribution in [0.2, 0.25) is 5.02 Å². The number of aromatic carboxylic acids is 1. The summed E-state index contributed by atoms with van der Waals surface area (Å²) in [5.74, 6) is -1.20. The van der Waals surface area contributed by atoms with Crippen molar-refractivity contribution in [3.63, 3.8) is 0 Å². The van der Waals surface area contributed by atoms with Crippen LogP contribution in [0.1, 0.15) is 37.6 Å². The number of carbonyl (C=O) groups is 1. The highest BCUT2D eigenvalue weighted by Crippen LogP contribution is 2.22. The number of carboxylic acid groups (broad SMARTS) is 1. The Kier molecular flexibility index (Phi) is 4.60. The van der Waals surface area contributed by atoms with Crippen molar-refractivity contribution in [1.29, 1.82) is 0 Å². The summed E-state index contributed by atoms with van der Waals surface area (Å²) in [6, 6.07) is 3.54. The molecule has 0 heterocycles. The van der Waals surface area contributed by atoms with Crippen LogP contribution in [0.4, 0.5) is 0 Å². The van der Waals surface area contributed by atoms with E-state index in [1.165, 1.54) is 12.1 Å². The van der Waals surface area contributed by atoms with Gasteiger partial charge >= 0.3 is 5.97 Å². The van der Waals surface area contributed by atoms with Gasteiger partial charge in [0.05, 0.1) is 15.5 Å². The normalized spacial score (nSPS) is 12.4. The van der Waals surface area contributed by atoms with E-state index in [-0.39, 0.29) is 15.5 Å². The number of halogens is 1. The zero-order valence-electron chi connectivity index (χ0n) is 10.9. The molecule has 7 heteroatoms. The number of sulfonamides is 1. The minimum absolute atomic E-state index is 0.0518. The lowest BCUT2D eigenvalue weighted by molar-refractivity contribution is 0.0697. The molecule has 0 aliphatic carbocycles. The summed E-state index contributed by atoms with van der Waals surface area (Å²) >= 11 is 5.76. The van der Waals surface area contributed by atoms with E-state index >= 15 is 0 Å². The third-order valence-electron chi connectivity index (χ3n) is 2.78. The summed E-state index contributed by atoms with van der Waals surface area (Å²) in [7, 11) is -3.72. The topological polar surface area (TPSA) is 83.5 Å². The Morgan fingerprint density at radius 2 is 2.00 bits per heavy atom. The summed E-state index contributed by atoms with van der Waals surface area (Å²) in [6.45, 7) is 5.39. The predicted octanol–water partition coefficient (Wildman–Crippen LogP) is 2.51. The van der Waals surface area contributed by atoms with Gasteiger partial charge in [0, 0.05) is 5.54 Å². The quantitative estimate of drug-likeness (QED) is 0.875. The average molecular weight is 306 g/mol. The Bertz CT molecular complexity index is 596. The molecule has 0 unspecified atom stereocenters. The van der Waals surface area contributed by atoms with E-state index in [1.54, 1.807) is 13.8 Å². The van der Waals surface area contributed by atoms with E-state index in [0.717, 1.165) is 6.07 Å². The SMILES string of the molecule is CCC(C)(C)NS(=O)(=O)c1ccc(C(=O)O)c(Cl)c1. The third-order valence-corrected chi connectivity index (χ3v) is 4.78. The molecule has 2 N–H and O–H groups in total. The standard InChI is InChI=1S/C12H16ClNO4S/c1-4-12(2,3)14-19(17,18)8-5-6-9(11(15)16)10(13)7-8/h5-7,14H,4H2,1-3H3,(H,15,16). The van der Waals surface area contributed by atoms with Gasteiger partial charge < -0.3 is 5.11 Å². The second-order valence-corrected chi connectivity index (χ2v) is 6.88. The molecule has 0 aromatic heterocycles. The van der Waals surface area contributed by atoms with Crippen LogP contribution in [0.15, 0.2) is 23.1 Å². The maximum absolute atomic E-state index is 12.1. The van der Waals surface area contributed by atoms with Gasteiger partial charge in [-0.25, -0.2) is 17.9 Å². The molecule has 5 nitrogen and oxygen atoms in total. The minimum Gasteiger partial charge on any atom is -0.478 e. The fourth-order valence-corrected chi connectivity index (χ4v) is 3.17. The number of carboxylic acids is 1. The highest BCUT2D eigenvalue weighted by molar-refractivity contribution is 7.89. The van der Waals surface area contributed by atoms with Gasteiger partial charge in [0.15, 0.2) is 0 Å². The van der Waals surface area contributed by atoms with Gasteiger partial charge in [0.1, 0.15) is 0 Å². The Labute approximate surface area is 117 Å². The first kappa shape index (κ1) is 15.9. The van der Waals surface area contributed by atoms with Crippen molar-refractivity contribution < 1.29 is 18.3 Å². The van der Waals surface area contributed by atoms with Crippen LogP contribution in [-0.2, 0) is 10.0 Å². The van der Waals surface area contributed by atoms with Crippen LogP contribution in [0.3, 0.4) is 0 Å². The van der Waals surface area contributed by atoms with Gasteiger partial charge in [-0.2, -0.15) is 0 Å². The molecule has 0 aliphatic rings. The molecule has 106 valence electrons. The Balaban J connectivity index is 3.17. The molecule has 0 saturated heterocycles. The molecule has 0 saturated carbocycles. The van der Waals surface area contributed by atoms with Gasteiger partial charge in [-0.3, -0.25) is 0 Å². The molecule has 1 rings (SSSR count). The molecule has 1 aromatic carbocycles. The van der Waals surface area contributed by atoms with Crippen LogP contribution < -0.4 is 4.72 Å². The van der Waals surface area contributed by atoms with Gasteiger partial charge in [0.25, 0.3) is 0 Å². The maximum atomic E-state index is 12.1. The van der Waals surface area contributed by atoms with E-state index < -0.39 is 21.5 Å². The van der Waals surface area contributed by atoms with Crippen LogP contribution >= 0.6 is 11.6 Å². The zero-order chi connectivity index (χ0) is 14.8. The van der Waals surface area contributed by atoms with Gasteiger partial charge in [-0.05, 0) is 38.5 Å². The van der Waals surface area contributed by atoms with E-state index in [2.05, 4.69) is 4.72 Å². The first-order chi connectivity index (χ1) is 8.59. The number of hydrogen-bond acceptors (Lipinski definition) is 3. The Morgan fingerprint density at radius 3 is 2.42 bits per heavy atom. The molecule has 0 radical (unpaired) electrons.